The number of aromatic nitrogens is 3. The van der Waals surface area contributed by atoms with E-state index in [2.05, 4.69) is 58.6 Å². The van der Waals surface area contributed by atoms with E-state index in [1.54, 1.807) is 6.33 Å². The Labute approximate surface area is 189 Å². The van der Waals surface area contributed by atoms with Crippen LogP contribution in [0.1, 0.15) is 0 Å². The standard InChI is InChI=1S/C26H18N3.Ir/c1-3-11-20(12-4-1)22-15-7-8-17-24(22)26-27-19-28-29(26)25-18-10-9-16-23(25)21-13-5-2-6-14-21;/h1-16,18-19H;/q-1;. The number of nitrogens with zero attached hydrogens (tertiary/aromatic N) is 3. The molecule has 0 aliphatic carbocycles. The fourth-order valence-electron chi connectivity index (χ4n) is 3.59. The Hall–Kier alpha value is -3.33. The quantitative estimate of drug-likeness (QED) is 0.248. The summed E-state index contributed by atoms with van der Waals surface area (Å²) >= 11 is 0. The molecule has 1 radical (unpaired) electrons. The van der Waals surface area contributed by atoms with E-state index in [4.69, 9.17) is 0 Å². The molecule has 4 aromatic carbocycles. The molecule has 1 aromatic heterocycles. The van der Waals surface area contributed by atoms with E-state index in [9.17, 15) is 0 Å². The van der Waals surface area contributed by atoms with Gasteiger partial charge < -0.3 is 0 Å². The zero-order valence-corrected chi connectivity index (χ0v) is 18.5. The third-order valence-electron chi connectivity index (χ3n) is 4.93. The van der Waals surface area contributed by atoms with Crippen LogP contribution in [0.5, 0.6) is 0 Å². The van der Waals surface area contributed by atoms with Crippen LogP contribution in [-0.4, -0.2) is 14.8 Å². The van der Waals surface area contributed by atoms with Gasteiger partial charge >= 0.3 is 0 Å². The molecule has 0 saturated heterocycles. The van der Waals surface area contributed by atoms with Gasteiger partial charge in [-0.3, -0.25) is 9.67 Å². The zero-order valence-electron chi connectivity index (χ0n) is 16.1. The van der Waals surface area contributed by atoms with Gasteiger partial charge in [-0.15, -0.1) is 24.3 Å². The van der Waals surface area contributed by atoms with Gasteiger partial charge in [-0.05, 0) is 11.6 Å². The minimum Gasteiger partial charge on any atom is -0.264 e. The smallest absolute Gasteiger partial charge is 0.127 e. The second-order valence-electron chi connectivity index (χ2n) is 6.70. The summed E-state index contributed by atoms with van der Waals surface area (Å²) < 4.78 is 1.90. The summed E-state index contributed by atoms with van der Waals surface area (Å²) in [7, 11) is 0. The van der Waals surface area contributed by atoms with E-state index in [1.807, 2.05) is 65.3 Å². The largest absolute Gasteiger partial charge is 0.264 e. The SMILES string of the molecule is [Ir].[c-]1cccc(-c2ccccc2)c1-c1ncnn1-c1ccccc1-c1ccccc1. The Kier molecular flexibility index (Phi) is 5.99. The van der Waals surface area contributed by atoms with Crippen molar-refractivity contribution in [3.63, 3.8) is 0 Å². The number of hydrogen-bond donors (Lipinski definition) is 0. The van der Waals surface area contributed by atoms with Crippen LogP contribution in [0.3, 0.4) is 0 Å². The molecule has 0 aliphatic rings. The fourth-order valence-corrected chi connectivity index (χ4v) is 3.59. The van der Waals surface area contributed by atoms with Gasteiger partial charge in [-0.25, -0.2) is 0 Å². The molecule has 0 N–H and O–H groups in total. The van der Waals surface area contributed by atoms with Crippen LogP contribution in [0.25, 0.3) is 39.3 Å². The molecule has 147 valence electrons. The van der Waals surface area contributed by atoms with Gasteiger partial charge in [-0.1, -0.05) is 95.6 Å². The second-order valence-corrected chi connectivity index (χ2v) is 6.70. The number of hydrogen-bond acceptors (Lipinski definition) is 2. The number of para-hydroxylation sites is 1. The van der Waals surface area contributed by atoms with E-state index in [0.29, 0.717) is 0 Å². The van der Waals surface area contributed by atoms with E-state index in [1.165, 1.54) is 0 Å². The Morgan fingerprint density at radius 3 is 1.97 bits per heavy atom. The molecule has 5 aromatic rings. The summed E-state index contributed by atoms with van der Waals surface area (Å²) in [5, 5.41) is 4.57. The molecule has 0 fully saturated rings. The van der Waals surface area contributed by atoms with Crippen molar-refractivity contribution >= 4 is 0 Å². The van der Waals surface area contributed by atoms with E-state index in [-0.39, 0.29) is 20.1 Å². The molecule has 0 amide bonds. The van der Waals surface area contributed by atoms with Gasteiger partial charge in [-0.2, -0.15) is 5.10 Å². The average molecular weight is 565 g/mol. The third kappa shape index (κ3) is 3.75. The molecular weight excluding hydrogens is 547 g/mol. The van der Waals surface area contributed by atoms with Gasteiger partial charge in [0.15, 0.2) is 0 Å². The Morgan fingerprint density at radius 2 is 1.23 bits per heavy atom. The van der Waals surface area contributed by atoms with Gasteiger partial charge in [0.25, 0.3) is 0 Å². The van der Waals surface area contributed by atoms with Crippen LogP contribution in [0, 0.1) is 6.07 Å². The maximum Gasteiger partial charge on any atom is 0.127 e. The van der Waals surface area contributed by atoms with Gasteiger partial charge in [0.1, 0.15) is 6.33 Å². The molecule has 0 atom stereocenters. The topological polar surface area (TPSA) is 30.7 Å². The first-order valence-electron chi connectivity index (χ1n) is 9.53. The second kappa shape index (κ2) is 9.00. The van der Waals surface area contributed by atoms with Crippen molar-refractivity contribution in [3.05, 3.63) is 116 Å². The van der Waals surface area contributed by atoms with Crippen LogP contribution >= 0.6 is 0 Å². The van der Waals surface area contributed by atoms with Crippen LogP contribution in [0.4, 0.5) is 0 Å². The van der Waals surface area contributed by atoms with Crippen molar-refractivity contribution in [2.24, 2.45) is 0 Å². The monoisotopic (exact) mass is 565 g/mol. The summed E-state index contributed by atoms with van der Waals surface area (Å²) in [6.45, 7) is 0. The van der Waals surface area contributed by atoms with Crippen molar-refractivity contribution in [2.75, 3.05) is 0 Å². The molecular formula is C26H18IrN3-. The maximum atomic E-state index is 4.60. The third-order valence-corrected chi connectivity index (χ3v) is 4.93. The van der Waals surface area contributed by atoms with Crippen molar-refractivity contribution < 1.29 is 20.1 Å². The molecule has 0 unspecified atom stereocenters. The molecule has 1 heterocycles. The Bertz CT molecular complexity index is 1150. The minimum atomic E-state index is 0. The summed E-state index contributed by atoms with van der Waals surface area (Å²) in [6.07, 6.45) is 1.60. The Balaban J connectivity index is 0.00000218. The average Bonchev–Trinajstić information content (AvgIpc) is 3.30. The predicted octanol–water partition coefficient (Wildman–Crippen LogP) is 6.07. The van der Waals surface area contributed by atoms with Crippen molar-refractivity contribution in [2.45, 2.75) is 0 Å². The summed E-state index contributed by atoms with van der Waals surface area (Å²) in [6, 6.07) is 38.3. The van der Waals surface area contributed by atoms with Gasteiger partial charge in [0.05, 0.1) is 11.5 Å². The molecule has 0 spiro atoms. The molecule has 0 aliphatic heterocycles. The zero-order chi connectivity index (χ0) is 19.5. The van der Waals surface area contributed by atoms with Crippen LogP contribution in [0.15, 0.2) is 109 Å². The van der Waals surface area contributed by atoms with Crippen molar-refractivity contribution in [1.29, 1.82) is 0 Å². The predicted molar refractivity (Wildman–Crippen MR) is 117 cm³/mol. The van der Waals surface area contributed by atoms with Crippen LogP contribution in [-0.2, 0) is 20.1 Å². The molecule has 5 rings (SSSR count). The normalized spacial score (nSPS) is 10.4. The molecule has 30 heavy (non-hydrogen) atoms. The van der Waals surface area contributed by atoms with Crippen LogP contribution in [0.2, 0.25) is 0 Å². The first-order chi connectivity index (χ1) is 14.4. The van der Waals surface area contributed by atoms with Crippen LogP contribution < -0.4 is 0 Å². The van der Waals surface area contributed by atoms with E-state index < -0.39 is 0 Å². The summed E-state index contributed by atoms with van der Waals surface area (Å²) in [5.41, 5.74) is 6.38. The number of rotatable bonds is 4. The molecule has 0 saturated carbocycles. The molecule has 3 nitrogen and oxygen atoms in total. The fraction of sp³-hybridized carbons (Fsp3) is 0. The first kappa shape index (κ1) is 20.0. The molecule has 0 bridgehead atoms. The first-order valence-corrected chi connectivity index (χ1v) is 9.53. The minimum absolute atomic E-state index is 0. The van der Waals surface area contributed by atoms with Crippen molar-refractivity contribution in [3.8, 4) is 39.3 Å². The van der Waals surface area contributed by atoms with Crippen molar-refractivity contribution in [1.82, 2.24) is 14.8 Å². The van der Waals surface area contributed by atoms with E-state index >= 15 is 0 Å². The summed E-state index contributed by atoms with van der Waals surface area (Å²) in [4.78, 5) is 4.60. The summed E-state index contributed by atoms with van der Waals surface area (Å²) in [5.74, 6) is 0.771. The maximum absolute atomic E-state index is 4.60. The Morgan fingerprint density at radius 1 is 0.633 bits per heavy atom. The molecule has 4 heteroatoms. The number of benzene rings is 4. The van der Waals surface area contributed by atoms with E-state index in [0.717, 1.165) is 39.3 Å². The van der Waals surface area contributed by atoms with Gasteiger partial charge in [0.2, 0.25) is 0 Å². The van der Waals surface area contributed by atoms with Gasteiger partial charge in [0, 0.05) is 25.7 Å².